The molecular formula is C10H7IN2O. The summed E-state index contributed by atoms with van der Waals surface area (Å²) in [6.07, 6.45) is 3.22. The normalized spacial score (nSPS) is 11.2. The largest absolute Gasteiger partial charge is 0.411 e. The number of fused-ring (bicyclic) bond motifs is 1. The lowest BCUT2D eigenvalue weighted by atomic mass is 10.1. The van der Waals surface area contributed by atoms with Gasteiger partial charge in [-0.25, -0.2) is 0 Å². The molecule has 1 aromatic heterocycles. The number of hydrogen-bond acceptors (Lipinski definition) is 3. The number of aromatic nitrogens is 1. The number of nitrogens with zero attached hydrogens (tertiary/aromatic N) is 2. The summed E-state index contributed by atoms with van der Waals surface area (Å²) in [5, 5.41) is 12.4. The highest BCUT2D eigenvalue weighted by molar-refractivity contribution is 14.1. The summed E-state index contributed by atoms with van der Waals surface area (Å²) in [4.78, 5) is 4.27. The summed E-state index contributed by atoms with van der Waals surface area (Å²) >= 11 is 2.22. The van der Waals surface area contributed by atoms with E-state index in [9.17, 15) is 0 Å². The third kappa shape index (κ3) is 1.84. The van der Waals surface area contributed by atoms with Crippen LogP contribution in [0.1, 0.15) is 5.56 Å². The van der Waals surface area contributed by atoms with Crippen molar-refractivity contribution in [3.63, 3.8) is 0 Å². The Morgan fingerprint density at radius 3 is 3.00 bits per heavy atom. The molecule has 0 aliphatic carbocycles. The molecule has 2 rings (SSSR count). The van der Waals surface area contributed by atoms with Gasteiger partial charge in [0.2, 0.25) is 0 Å². The van der Waals surface area contributed by atoms with Gasteiger partial charge in [-0.1, -0.05) is 11.2 Å². The molecule has 0 fully saturated rings. The zero-order valence-corrected chi connectivity index (χ0v) is 9.34. The van der Waals surface area contributed by atoms with Crippen LogP contribution in [0.3, 0.4) is 0 Å². The molecular weight excluding hydrogens is 291 g/mol. The predicted molar refractivity (Wildman–Crippen MR) is 63.8 cm³/mol. The van der Waals surface area contributed by atoms with Crippen LogP contribution in [-0.4, -0.2) is 16.4 Å². The zero-order valence-electron chi connectivity index (χ0n) is 7.18. The fraction of sp³-hybridized carbons (Fsp3) is 0. The first-order valence-electron chi connectivity index (χ1n) is 4.02. The zero-order chi connectivity index (χ0) is 9.97. The van der Waals surface area contributed by atoms with Crippen LogP contribution in [0.15, 0.2) is 35.6 Å². The average molecular weight is 298 g/mol. The van der Waals surface area contributed by atoms with Crippen molar-refractivity contribution in [3.05, 3.63) is 39.6 Å². The number of benzene rings is 1. The van der Waals surface area contributed by atoms with Gasteiger partial charge in [0.25, 0.3) is 0 Å². The average Bonchev–Trinajstić information content (AvgIpc) is 2.17. The number of rotatable bonds is 1. The molecule has 14 heavy (non-hydrogen) atoms. The molecule has 0 unspecified atom stereocenters. The van der Waals surface area contributed by atoms with Crippen LogP contribution in [0.25, 0.3) is 10.9 Å². The Kier molecular flexibility index (Phi) is 2.62. The number of hydrogen-bond donors (Lipinski definition) is 1. The smallest absolute Gasteiger partial charge is 0.0734 e. The first-order valence-corrected chi connectivity index (χ1v) is 5.10. The third-order valence-corrected chi connectivity index (χ3v) is 2.47. The van der Waals surface area contributed by atoms with Gasteiger partial charge in [0, 0.05) is 15.2 Å². The van der Waals surface area contributed by atoms with Crippen molar-refractivity contribution in [2.24, 2.45) is 5.16 Å². The highest BCUT2D eigenvalue weighted by atomic mass is 127. The molecule has 0 amide bonds. The Morgan fingerprint density at radius 2 is 2.21 bits per heavy atom. The first kappa shape index (κ1) is 9.39. The molecule has 4 heteroatoms. The second-order valence-corrected chi connectivity index (χ2v) is 4.10. The SMILES string of the molecule is O/N=C/c1ccc2ncc(I)cc2c1. The van der Waals surface area contributed by atoms with Crippen molar-refractivity contribution < 1.29 is 5.21 Å². The van der Waals surface area contributed by atoms with Gasteiger partial charge >= 0.3 is 0 Å². The Labute approximate surface area is 94.6 Å². The Balaban J connectivity index is 2.63. The summed E-state index contributed by atoms with van der Waals surface area (Å²) < 4.78 is 1.09. The molecule has 3 nitrogen and oxygen atoms in total. The second-order valence-electron chi connectivity index (χ2n) is 2.85. The fourth-order valence-electron chi connectivity index (χ4n) is 1.27. The van der Waals surface area contributed by atoms with E-state index < -0.39 is 0 Å². The highest BCUT2D eigenvalue weighted by Crippen LogP contribution is 2.15. The van der Waals surface area contributed by atoms with Crippen molar-refractivity contribution in [2.75, 3.05) is 0 Å². The lowest BCUT2D eigenvalue weighted by Crippen LogP contribution is -1.84. The lowest BCUT2D eigenvalue weighted by Gasteiger charge is -1.98. The van der Waals surface area contributed by atoms with Gasteiger partial charge in [0.05, 0.1) is 11.7 Å². The van der Waals surface area contributed by atoms with E-state index in [1.54, 1.807) is 0 Å². The Hall–Kier alpha value is -1.17. The fourth-order valence-corrected chi connectivity index (χ4v) is 1.74. The molecule has 0 aliphatic rings. The highest BCUT2D eigenvalue weighted by Gasteiger charge is 1.96. The number of halogens is 1. The molecule has 2 aromatic rings. The second kappa shape index (κ2) is 3.91. The molecule has 1 aromatic carbocycles. The molecule has 0 atom stereocenters. The topological polar surface area (TPSA) is 45.5 Å². The minimum atomic E-state index is 0.865. The van der Waals surface area contributed by atoms with E-state index in [2.05, 4.69) is 32.7 Å². The predicted octanol–water partition coefficient (Wildman–Crippen LogP) is 2.65. The monoisotopic (exact) mass is 298 g/mol. The maximum absolute atomic E-state index is 8.40. The van der Waals surface area contributed by atoms with E-state index >= 15 is 0 Å². The van der Waals surface area contributed by atoms with Crippen LogP contribution >= 0.6 is 22.6 Å². The Bertz CT molecular complexity index is 496. The van der Waals surface area contributed by atoms with Gasteiger partial charge in [-0.15, -0.1) is 0 Å². The summed E-state index contributed by atoms with van der Waals surface area (Å²) in [5.41, 5.74) is 1.81. The van der Waals surface area contributed by atoms with E-state index in [1.807, 2.05) is 30.5 Å². The summed E-state index contributed by atoms with van der Waals surface area (Å²) in [6, 6.07) is 7.74. The van der Waals surface area contributed by atoms with E-state index in [0.29, 0.717) is 0 Å². The van der Waals surface area contributed by atoms with Crippen LogP contribution in [0.4, 0.5) is 0 Å². The van der Waals surface area contributed by atoms with Crippen molar-refractivity contribution >= 4 is 39.7 Å². The molecule has 0 saturated carbocycles. The molecule has 0 aliphatic heterocycles. The van der Waals surface area contributed by atoms with Crippen LogP contribution < -0.4 is 0 Å². The van der Waals surface area contributed by atoms with Crippen molar-refractivity contribution in [1.29, 1.82) is 0 Å². The molecule has 1 N–H and O–H groups in total. The summed E-state index contributed by atoms with van der Waals surface area (Å²) in [6.45, 7) is 0. The molecule has 1 heterocycles. The lowest BCUT2D eigenvalue weighted by molar-refractivity contribution is 0.322. The van der Waals surface area contributed by atoms with Crippen LogP contribution in [0.2, 0.25) is 0 Å². The van der Waals surface area contributed by atoms with Crippen molar-refractivity contribution in [2.45, 2.75) is 0 Å². The van der Waals surface area contributed by atoms with Crippen LogP contribution in [-0.2, 0) is 0 Å². The van der Waals surface area contributed by atoms with E-state index in [1.165, 1.54) is 6.21 Å². The van der Waals surface area contributed by atoms with E-state index in [4.69, 9.17) is 5.21 Å². The van der Waals surface area contributed by atoms with Gasteiger partial charge in [-0.2, -0.15) is 0 Å². The van der Waals surface area contributed by atoms with Gasteiger partial charge in [0.15, 0.2) is 0 Å². The molecule has 70 valence electrons. The third-order valence-electron chi connectivity index (χ3n) is 1.88. The van der Waals surface area contributed by atoms with Crippen molar-refractivity contribution in [3.8, 4) is 0 Å². The molecule has 0 saturated heterocycles. The van der Waals surface area contributed by atoms with Gasteiger partial charge in [-0.05, 0) is 46.4 Å². The minimum absolute atomic E-state index is 0.865. The van der Waals surface area contributed by atoms with E-state index in [-0.39, 0.29) is 0 Å². The van der Waals surface area contributed by atoms with E-state index in [0.717, 1.165) is 20.0 Å². The summed E-state index contributed by atoms with van der Waals surface area (Å²) in [7, 11) is 0. The van der Waals surface area contributed by atoms with Crippen LogP contribution in [0, 0.1) is 3.57 Å². The van der Waals surface area contributed by atoms with Gasteiger partial charge in [-0.3, -0.25) is 4.98 Å². The molecule has 0 bridgehead atoms. The number of oxime groups is 1. The first-order chi connectivity index (χ1) is 6.79. The van der Waals surface area contributed by atoms with Gasteiger partial charge in [0.1, 0.15) is 0 Å². The standard InChI is InChI=1S/C10H7IN2O/c11-9-4-8-3-7(5-13-14)1-2-10(8)12-6-9/h1-6,14H/b13-5+. The quantitative estimate of drug-likeness (QED) is 0.381. The summed E-state index contributed by atoms with van der Waals surface area (Å²) in [5.74, 6) is 0. The van der Waals surface area contributed by atoms with Gasteiger partial charge < -0.3 is 5.21 Å². The van der Waals surface area contributed by atoms with Crippen LogP contribution in [0.5, 0.6) is 0 Å². The maximum Gasteiger partial charge on any atom is 0.0734 e. The maximum atomic E-state index is 8.40. The number of pyridine rings is 1. The molecule has 0 radical (unpaired) electrons. The minimum Gasteiger partial charge on any atom is -0.411 e. The van der Waals surface area contributed by atoms with Crippen molar-refractivity contribution in [1.82, 2.24) is 4.98 Å². The Morgan fingerprint density at radius 1 is 1.36 bits per heavy atom. The molecule has 0 spiro atoms.